The van der Waals surface area contributed by atoms with Crippen LogP contribution < -0.4 is 4.90 Å². The molecule has 0 spiro atoms. The Balaban J connectivity index is 2.83. The topological polar surface area (TPSA) is 89.8 Å². The number of rotatable bonds is 6. The number of carbonyl (C=O) groups is 1. The van der Waals surface area contributed by atoms with Crippen LogP contribution in [0.25, 0.3) is 0 Å². The molecule has 0 aliphatic rings. The van der Waals surface area contributed by atoms with Crippen molar-refractivity contribution < 1.29 is 15.0 Å². The molecule has 1 amide bonds. The molecule has 1 aromatic rings. The average molecular weight is 254 g/mol. The van der Waals surface area contributed by atoms with E-state index in [4.69, 9.17) is 10.2 Å². The number of anilines is 1. The van der Waals surface area contributed by atoms with E-state index in [1.54, 1.807) is 31.1 Å². The number of aliphatic hydroxyl groups excluding tert-OH is 2. The van der Waals surface area contributed by atoms with Crippen LogP contribution >= 0.6 is 0 Å². The maximum atomic E-state index is 11.6. The van der Waals surface area contributed by atoms with E-state index in [0.29, 0.717) is 18.9 Å². The quantitative estimate of drug-likeness (QED) is 0.674. The highest BCUT2D eigenvalue weighted by atomic mass is 16.3. The van der Waals surface area contributed by atoms with Gasteiger partial charge in [0.25, 0.3) is 5.91 Å². The summed E-state index contributed by atoms with van der Waals surface area (Å²) in [5.74, 6) is 0.304. The number of carbonyl (C=O) groups excluding carboxylic acids is 1. The summed E-state index contributed by atoms with van der Waals surface area (Å²) in [6.07, 6.45) is 0. The lowest BCUT2D eigenvalue weighted by Gasteiger charge is -2.21. The normalized spacial score (nSPS) is 10.2. The SMILES string of the molecule is CN(C)C(=O)c1ccc(N(CCO)CCO)nn1. The van der Waals surface area contributed by atoms with E-state index in [1.165, 1.54) is 4.90 Å². The van der Waals surface area contributed by atoms with E-state index in [0.717, 1.165) is 0 Å². The van der Waals surface area contributed by atoms with Crippen LogP contribution in [0.15, 0.2) is 12.1 Å². The van der Waals surface area contributed by atoms with E-state index in [2.05, 4.69) is 10.2 Å². The van der Waals surface area contributed by atoms with Gasteiger partial charge in [-0.2, -0.15) is 0 Å². The molecule has 0 fully saturated rings. The van der Waals surface area contributed by atoms with E-state index in [-0.39, 0.29) is 24.8 Å². The molecular weight excluding hydrogens is 236 g/mol. The minimum Gasteiger partial charge on any atom is -0.395 e. The zero-order valence-corrected chi connectivity index (χ0v) is 10.6. The standard InChI is InChI=1S/C11H18N4O3/c1-14(2)11(18)9-3-4-10(13-12-9)15(5-7-16)6-8-17/h3-4,16-17H,5-8H2,1-2H3. The number of aliphatic hydroxyl groups is 2. The Bertz CT molecular complexity index is 374. The van der Waals surface area contributed by atoms with Gasteiger partial charge in [0.15, 0.2) is 11.5 Å². The predicted octanol–water partition coefficient (Wildman–Crippen LogP) is -1.03. The van der Waals surface area contributed by atoms with Crippen molar-refractivity contribution in [2.45, 2.75) is 0 Å². The van der Waals surface area contributed by atoms with Crippen LogP contribution in [0.2, 0.25) is 0 Å². The molecule has 0 aliphatic heterocycles. The molecule has 2 N–H and O–H groups in total. The molecule has 7 nitrogen and oxygen atoms in total. The molecule has 0 aliphatic carbocycles. The monoisotopic (exact) mass is 254 g/mol. The van der Waals surface area contributed by atoms with E-state index in [1.807, 2.05) is 0 Å². The van der Waals surface area contributed by atoms with Crippen LogP contribution in [0, 0.1) is 0 Å². The zero-order valence-electron chi connectivity index (χ0n) is 10.6. The molecule has 100 valence electrons. The number of hydrogen-bond acceptors (Lipinski definition) is 6. The van der Waals surface area contributed by atoms with Gasteiger partial charge in [0.1, 0.15) is 0 Å². The van der Waals surface area contributed by atoms with Crippen molar-refractivity contribution in [3.05, 3.63) is 17.8 Å². The Labute approximate surface area is 106 Å². The van der Waals surface area contributed by atoms with Gasteiger partial charge < -0.3 is 20.0 Å². The molecule has 0 bridgehead atoms. The van der Waals surface area contributed by atoms with Gasteiger partial charge in [-0.25, -0.2) is 0 Å². The molecule has 7 heteroatoms. The van der Waals surface area contributed by atoms with Crippen LogP contribution in [0.4, 0.5) is 5.82 Å². The fraction of sp³-hybridized carbons (Fsp3) is 0.545. The van der Waals surface area contributed by atoms with Gasteiger partial charge in [0, 0.05) is 27.2 Å². The number of aromatic nitrogens is 2. The van der Waals surface area contributed by atoms with Gasteiger partial charge in [-0.15, -0.1) is 10.2 Å². The second kappa shape index (κ2) is 6.87. The summed E-state index contributed by atoms with van der Waals surface area (Å²) >= 11 is 0. The predicted molar refractivity (Wildman–Crippen MR) is 66.4 cm³/mol. The summed E-state index contributed by atoms with van der Waals surface area (Å²) < 4.78 is 0. The van der Waals surface area contributed by atoms with Gasteiger partial charge in [-0.05, 0) is 12.1 Å². The van der Waals surface area contributed by atoms with E-state index in [9.17, 15) is 4.79 Å². The highest BCUT2D eigenvalue weighted by Crippen LogP contribution is 2.09. The largest absolute Gasteiger partial charge is 0.395 e. The van der Waals surface area contributed by atoms with Gasteiger partial charge in [0.05, 0.1) is 13.2 Å². The van der Waals surface area contributed by atoms with Crippen molar-refractivity contribution in [3.63, 3.8) is 0 Å². The first-order chi connectivity index (χ1) is 8.60. The molecule has 0 saturated heterocycles. The van der Waals surface area contributed by atoms with Gasteiger partial charge in [-0.1, -0.05) is 0 Å². The lowest BCUT2D eigenvalue weighted by molar-refractivity contribution is 0.0821. The Morgan fingerprint density at radius 1 is 1.17 bits per heavy atom. The molecule has 1 heterocycles. The molecule has 0 saturated carbocycles. The lowest BCUT2D eigenvalue weighted by atomic mass is 10.3. The first-order valence-electron chi connectivity index (χ1n) is 5.62. The van der Waals surface area contributed by atoms with Crippen molar-refractivity contribution >= 4 is 11.7 Å². The highest BCUT2D eigenvalue weighted by Gasteiger charge is 2.12. The van der Waals surface area contributed by atoms with Gasteiger partial charge in [-0.3, -0.25) is 4.79 Å². The number of hydrogen-bond donors (Lipinski definition) is 2. The smallest absolute Gasteiger partial charge is 0.273 e. The van der Waals surface area contributed by atoms with Crippen LogP contribution in [0.5, 0.6) is 0 Å². The first kappa shape index (κ1) is 14.3. The Morgan fingerprint density at radius 3 is 2.17 bits per heavy atom. The Morgan fingerprint density at radius 2 is 1.78 bits per heavy atom. The maximum Gasteiger partial charge on any atom is 0.273 e. The third-order valence-corrected chi connectivity index (χ3v) is 2.34. The second-order valence-corrected chi connectivity index (χ2v) is 3.91. The molecule has 0 unspecified atom stereocenters. The fourth-order valence-corrected chi connectivity index (χ4v) is 1.42. The van der Waals surface area contributed by atoms with Crippen molar-refractivity contribution in [1.82, 2.24) is 15.1 Å². The summed E-state index contributed by atoms with van der Waals surface area (Å²) in [5, 5.41) is 25.6. The highest BCUT2D eigenvalue weighted by molar-refractivity contribution is 5.91. The molecular formula is C11H18N4O3. The zero-order chi connectivity index (χ0) is 13.5. The Kier molecular flexibility index (Phi) is 5.47. The number of nitrogens with zero attached hydrogens (tertiary/aromatic N) is 4. The average Bonchev–Trinajstić information content (AvgIpc) is 2.38. The van der Waals surface area contributed by atoms with E-state index >= 15 is 0 Å². The van der Waals surface area contributed by atoms with Crippen molar-refractivity contribution in [3.8, 4) is 0 Å². The second-order valence-electron chi connectivity index (χ2n) is 3.91. The molecule has 0 aromatic carbocycles. The summed E-state index contributed by atoms with van der Waals surface area (Å²) in [6, 6.07) is 3.22. The first-order valence-corrected chi connectivity index (χ1v) is 5.62. The number of amides is 1. The maximum absolute atomic E-state index is 11.6. The lowest BCUT2D eigenvalue weighted by Crippen LogP contribution is -2.31. The molecule has 0 radical (unpaired) electrons. The minimum atomic E-state index is -0.218. The van der Waals surface area contributed by atoms with Gasteiger partial charge in [0.2, 0.25) is 0 Å². The van der Waals surface area contributed by atoms with Gasteiger partial charge >= 0.3 is 0 Å². The minimum absolute atomic E-state index is 0.0416. The molecule has 18 heavy (non-hydrogen) atoms. The summed E-state index contributed by atoms with van der Waals surface area (Å²) in [5.41, 5.74) is 0.261. The van der Waals surface area contributed by atoms with Crippen LogP contribution in [0.1, 0.15) is 10.5 Å². The van der Waals surface area contributed by atoms with Crippen LogP contribution in [0.3, 0.4) is 0 Å². The van der Waals surface area contributed by atoms with Crippen molar-refractivity contribution in [1.29, 1.82) is 0 Å². The third-order valence-electron chi connectivity index (χ3n) is 2.34. The fourth-order valence-electron chi connectivity index (χ4n) is 1.42. The summed E-state index contributed by atoms with van der Waals surface area (Å²) in [4.78, 5) is 14.7. The van der Waals surface area contributed by atoms with Crippen LogP contribution in [-0.4, -0.2) is 71.6 Å². The summed E-state index contributed by atoms with van der Waals surface area (Å²) in [6.45, 7) is 0.631. The molecule has 1 rings (SSSR count). The Hall–Kier alpha value is -1.73. The van der Waals surface area contributed by atoms with Crippen molar-refractivity contribution in [2.24, 2.45) is 0 Å². The van der Waals surface area contributed by atoms with Crippen LogP contribution in [-0.2, 0) is 0 Å². The molecule has 1 aromatic heterocycles. The van der Waals surface area contributed by atoms with E-state index < -0.39 is 0 Å². The molecule has 0 atom stereocenters. The third kappa shape index (κ3) is 3.64. The summed E-state index contributed by atoms with van der Waals surface area (Å²) in [7, 11) is 3.28. The van der Waals surface area contributed by atoms with Crippen molar-refractivity contribution in [2.75, 3.05) is 45.3 Å².